The lowest BCUT2D eigenvalue weighted by Crippen LogP contribution is -2.49. The Labute approximate surface area is 218 Å². The highest BCUT2D eigenvalue weighted by molar-refractivity contribution is 7.84. The van der Waals surface area contributed by atoms with Gasteiger partial charge in [0.1, 0.15) is 5.60 Å². The number of hydrogen-bond donors (Lipinski definition) is 1. The van der Waals surface area contributed by atoms with Gasteiger partial charge in [-0.15, -0.1) is 0 Å². The van der Waals surface area contributed by atoms with Crippen LogP contribution >= 0.6 is 0 Å². The first-order valence-electron chi connectivity index (χ1n) is 13.2. The van der Waals surface area contributed by atoms with Gasteiger partial charge in [-0.3, -0.25) is 4.98 Å². The SMILES string of the molecule is CC(C)(C)OC(=O)N1CCC2(CC1)Cc1nc(COC3CCCCO3)ccc1[C@H]2N[S@](=O)C(C)(C)C. The van der Waals surface area contributed by atoms with E-state index < -0.39 is 16.6 Å². The van der Waals surface area contributed by atoms with Crippen LogP contribution in [0.25, 0.3) is 0 Å². The van der Waals surface area contributed by atoms with Gasteiger partial charge < -0.3 is 19.1 Å². The van der Waals surface area contributed by atoms with E-state index in [1.54, 1.807) is 4.90 Å². The number of fused-ring (bicyclic) bond motifs is 1. The van der Waals surface area contributed by atoms with Crippen LogP contribution in [-0.2, 0) is 38.2 Å². The lowest BCUT2D eigenvalue weighted by molar-refractivity contribution is -0.169. The van der Waals surface area contributed by atoms with E-state index in [1.165, 1.54) is 0 Å². The molecule has 9 heteroatoms. The number of carbonyl (C=O) groups is 1. The monoisotopic (exact) mass is 521 g/mol. The molecule has 1 aliphatic carbocycles. The highest BCUT2D eigenvalue weighted by Crippen LogP contribution is 2.52. The molecule has 1 N–H and O–H groups in total. The Morgan fingerprint density at radius 3 is 2.53 bits per heavy atom. The van der Waals surface area contributed by atoms with E-state index in [1.807, 2.05) is 47.6 Å². The number of likely N-dealkylation sites (tertiary alicyclic amines) is 1. The normalized spacial score (nSPS) is 25.0. The first-order valence-corrected chi connectivity index (χ1v) is 14.4. The van der Waals surface area contributed by atoms with E-state index in [0.29, 0.717) is 19.7 Å². The molecule has 8 nitrogen and oxygen atoms in total. The molecular weight excluding hydrogens is 478 g/mol. The third-order valence-corrected chi connectivity index (χ3v) is 8.82. The smallest absolute Gasteiger partial charge is 0.410 e. The minimum absolute atomic E-state index is 0.0857. The summed E-state index contributed by atoms with van der Waals surface area (Å²) in [6.07, 6.45) is 5.11. The number of amides is 1. The molecule has 1 aromatic rings. The molecule has 0 aromatic carbocycles. The molecule has 1 spiro atoms. The van der Waals surface area contributed by atoms with E-state index in [2.05, 4.69) is 10.8 Å². The first kappa shape index (κ1) is 27.5. The summed E-state index contributed by atoms with van der Waals surface area (Å²) in [6.45, 7) is 14.0. The summed E-state index contributed by atoms with van der Waals surface area (Å²) in [6, 6.07) is 4.05. The molecule has 0 bridgehead atoms. The Kier molecular flexibility index (Phi) is 8.15. The Morgan fingerprint density at radius 2 is 1.92 bits per heavy atom. The van der Waals surface area contributed by atoms with Gasteiger partial charge in [-0.2, -0.15) is 0 Å². The zero-order valence-corrected chi connectivity index (χ0v) is 23.5. The summed E-state index contributed by atoms with van der Waals surface area (Å²) < 4.78 is 33.6. The number of aromatic nitrogens is 1. The van der Waals surface area contributed by atoms with Crippen LogP contribution in [0.2, 0.25) is 0 Å². The average molecular weight is 522 g/mol. The Morgan fingerprint density at radius 1 is 1.19 bits per heavy atom. The summed E-state index contributed by atoms with van der Waals surface area (Å²) >= 11 is 0. The summed E-state index contributed by atoms with van der Waals surface area (Å²) in [5, 5.41) is 0. The maximum atomic E-state index is 13.2. The Balaban J connectivity index is 1.51. The van der Waals surface area contributed by atoms with Crippen LogP contribution in [-0.4, -0.2) is 56.5 Å². The average Bonchev–Trinajstić information content (AvgIpc) is 3.08. The van der Waals surface area contributed by atoms with Crippen molar-refractivity contribution in [1.82, 2.24) is 14.6 Å². The van der Waals surface area contributed by atoms with Crippen molar-refractivity contribution in [2.45, 2.75) is 109 Å². The van der Waals surface area contributed by atoms with Crippen molar-refractivity contribution in [1.29, 1.82) is 0 Å². The van der Waals surface area contributed by atoms with E-state index in [-0.39, 0.29) is 28.6 Å². The topological polar surface area (TPSA) is 90.0 Å². The quantitative estimate of drug-likeness (QED) is 0.599. The van der Waals surface area contributed by atoms with Crippen LogP contribution in [0, 0.1) is 5.41 Å². The van der Waals surface area contributed by atoms with Crippen LogP contribution in [0.1, 0.15) is 96.6 Å². The fourth-order valence-electron chi connectivity index (χ4n) is 5.23. The first-order chi connectivity index (χ1) is 16.9. The maximum absolute atomic E-state index is 13.2. The van der Waals surface area contributed by atoms with Crippen molar-refractivity contribution in [3.63, 3.8) is 0 Å². The van der Waals surface area contributed by atoms with Crippen molar-refractivity contribution < 1.29 is 23.2 Å². The van der Waals surface area contributed by atoms with Crippen molar-refractivity contribution in [3.8, 4) is 0 Å². The van der Waals surface area contributed by atoms with Gasteiger partial charge in [-0.25, -0.2) is 13.7 Å². The second-order valence-corrected chi connectivity index (χ2v) is 14.4. The zero-order chi connectivity index (χ0) is 26.1. The molecule has 2 fully saturated rings. The molecule has 4 rings (SSSR count). The number of nitrogens with one attached hydrogen (secondary N) is 1. The summed E-state index contributed by atoms with van der Waals surface area (Å²) in [4.78, 5) is 19.5. The highest BCUT2D eigenvalue weighted by atomic mass is 32.2. The van der Waals surface area contributed by atoms with Gasteiger partial charge in [-0.05, 0) is 97.1 Å². The molecule has 2 saturated heterocycles. The fraction of sp³-hybridized carbons (Fsp3) is 0.778. The van der Waals surface area contributed by atoms with E-state index in [0.717, 1.165) is 62.1 Å². The zero-order valence-electron chi connectivity index (χ0n) is 22.7. The highest BCUT2D eigenvalue weighted by Gasteiger charge is 2.50. The Hall–Kier alpha value is -1.55. The summed E-state index contributed by atoms with van der Waals surface area (Å²) in [7, 11) is -1.23. The number of ether oxygens (including phenoxy) is 3. The third kappa shape index (κ3) is 6.47. The number of nitrogens with zero attached hydrogens (tertiary/aromatic N) is 2. The van der Waals surface area contributed by atoms with E-state index in [4.69, 9.17) is 19.2 Å². The molecule has 2 aliphatic heterocycles. The van der Waals surface area contributed by atoms with Crippen molar-refractivity contribution in [2.24, 2.45) is 5.41 Å². The van der Waals surface area contributed by atoms with Crippen LogP contribution in [0.4, 0.5) is 4.79 Å². The number of hydrogen-bond acceptors (Lipinski definition) is 6. The van der Waals surface area contributed by atoms with Crippen LogP contribution in [0.3, 0.4) is 0 Å². The molecule has 3 aliphatic rings. The minimum Gasteiger partial charge on any atom is -0.444 e. The lowest BCUT2D eigenvalue weighted by atomic mass is 9.73. The largest absolute Gasteiger partial charge is 0.444 e. The second kappa shape index (κ2) is 10.7. The third-order valence-electron chi connectivity index (χ3n) is 7.26. The van der Waals surface area contributed by atoms with E-state index in [9.17, 15) is 9.00 Å². The van der Waals surface area contributed by atoms with E-state index >= 15 is 0 Å². The van der Waals surface area contributed by atoms with Gasteiger partial charge in [-0.1, -0.05) is 6.07 Å². The van der Waals surface area contributed by atoms with Crippen molar-refractivity contribution in [3.05, 3.63) is 29.1 Å². The van der Waals surface area contributed by atoms with Gasteiger partial charge in [0.05, 0.1) is 34.1 Å². The number of rotatable bonds is 5. The molecule has 1 unspecified atom stereocenters. The van der Waals surface area contributed by atoms with Gasteiger partial charge in [0.15, 0.2) is 6.29 Å². The molecule has 202 valence electrons. The number of piperidine rings is 1. The van der Waals surface area contributed by atoms with Gasteiger partial charge in [0.25, 0.3) is 0 Å². The van der Waals surface area contributed by atoms with Gasteiger partial charge in [0, 0.05) is 25.4 Å². The molecular formula is C27H43N3O5S. The molecule has 36 heavy (non-hydrogen) atoms. The molecule has 3 atom stereocenters. The molecule has 1 amide bonds. The standard InChI is InChI=1S/C27H43N3O5S/c1-25(2,3)35-24(31)30-14-12-27(13-15-30)17-21-20(23(27)29-36(32)26(4,5)6)11-10-19(28-21)18-34-22-9-7-8-16-33-22/h10-11,22-23,29H,7-9,12-18H2,1-6H3/t22?,23-,36-/m1/s1. The van der Waals surface area contributed by atoms with Gasteiger partial charge in [0.2, 0.25) is 0 Å². The Bertz CT molecular complexity index is 957. The second-order valence-electron chi connectivity index (χ2n) is 12.4. The molecule has 0 radical (unpaired) electrons. The fourth-order valence-corrected chi connectivity index (χ4v) is 6.17. The molecule has 1 aromatic heterocycles. The van der Waals surface area contributed by atoms with Gasteiger partial charge >= 0.3 is 6.09 Å². The predicted molar refractivity (Wildman–Crippen MR) is 140 cm³/mol. The summed E-state index contributed by atoms with van der Waals surface area (Å²) in [5.74, 6) is 0. The van der Waals surface area contributed by atoms with Crippen molar-refractivity contribution in [2.75, 3.05) is 19.7 Å². The maximum Gasteiger partial charge on any atom is 0.410 e. The van der Waals surface area contributed by atoms with Crippen LogP contribution < -0.4 is 4.72 Å². The lowest BCUT2D eigenvalue weighted by Gasteiger charge is -2.43. The van der Waals surface area contributed by atoms with Crippen molar-refractivity contribution >= 4 is 17.1 Å². The van der Waals surface area contributed by atoms with Crippen LogP contribution in [0.15, 0.2) is 12.1 Å². The van der Waals surface area contributed by atoms with Crippen LogP contribution in [0.5, 0.6) is 0 Å². The predicted octanol–water partition coefficient (Wildman–Crippen LogP) is 4.79. The minimum atomic E-state index is -1.23. The molecule has 0 saturated carbocycles. The number of carbonyl (C=O) groups excluding carboxylic acids is 1. The number of pyridine rings is 1. The summed E-state index contributed by atoms with van der Waals surface area (Å²) in [5.41, 5.74) is 2.36. The molecule has 3 heterocycles.